The molecule has 1 aromatic carbocycles. The third-order valence-electron chi connectivity index (χ3n) is 2.28. The lowest BCUT2D eigenvalue weighted by Gasteiger charge is -2.04. The Morgan fingerprint density at radius 2 is 2.07 bits per heavy atom. The van der Waals surface area contributed by atoms with Gasteiger partial charge in [-0.3, -0.25) is 0 Å². The highest BCUT2D eigenvalue weighted by molar-refractivity contribution is 6.31. The van der Waals surface area contributed by atoms with Crippen LogP contribution in [0.1, 0.15) is 11.4 Å². The maximum atomic E-state index is 9.37. The Labute approximate surface area is 92.9 Å². The number of benzene rings is 1. The molecule has 2 rings (SSSR count). The molecule has 0 saturated carbocycles. The summed E-state index contributed by atoms with van der Waals surface area (Å²) in [4.78, 5) is 0. The summed E-state index contributed by atoms with van der Waals surface area (Å²) < 4.78 is 1.72. The standard InChI is InChI=1S/C11H11ClN2O/c1-7-11(12)8(2)14(13-7)9-4-3-5-10(15)6-9/h3-6,15H,1-2H3. The van der Waals surface area contributed by atoms with Crippen LogP contribution in [0, 0.1) is 13.8 Å². The minimum absolute atomic E-state index is 0.219. The molecule has 1 aromatic heterocycles. The number of phenols is 1. The third kappa shape index (κ3) is 1.70. The van der Waals surface area contributed by atoms with E-state index in [2.05, 4.69) is 5.10 Å². The van der Waals surface area contributed by atoms with Gasteiger partial charge in [0.15, 0.2) is 0 Å². The summed E-state index contributed by atoms with van der Waals surface area (Å²) >= 11 is 6.04. The zero-order valence-corrected chi connectivity index (χ0v) is 9.28. The summed E-state index contributed by atoms with van der Waals surface area (Å²) in [6, 6.07) is 6.91. The van der Waals surface area contributed by atoms with Crippen molar-refractivity contribution in [1.82, 2.24) is 9.78 Å². The van der Waals surface area contributed by atoms with Gasteiger partial charge in [0.05, 0.1) is 22.1 Å². The predicted molar refractivity (Wildman–Crippen MR) is 59.7 cm³/mol. The Bertz CT molecular complexity index is 505. The molecule has 2 aromatic rings. The number of halogens is 1. The molecule has 0 unspecified atom stereocenters. The Hall–Kier alpha value is -1.48. The highest BCUT2D eigenvalue weighted by Crippen LogP contribution is 2.23. The predicted octanol–water partition coefficient (Wildman–Crippen LogP) is 2.85. The van der Waals surface area contributed by atoms with Crippen molar-refractivity contribution in [2.24, 2.45) is 0 Å². The molecule has 0 spiro atoms. The smallest absolute Gasteiger partial charge is 0.117 e. The van der Waals surface area contributed by atoms with Gasteiger partial charge in [-0.1, -0.05) is 17.7 Å². The fraction of sp³-hybridized carbons (Fsp3) is 0.182. The number of aromatic hydroxyl groups is 1. The summed E-state index contributed by atoms with van der Waals surface area (Å²) in [6.07, 6.45) is 0. The van der Waals surface area contributed by atoms with Gasteiger partial charge in [0.2, 0.25) is 0 Å². The molecule has 0 atom stereocenters. The van der Waals surface area contributed by atoms with Crippen LogP contribution in [0.2, 0.25) is 5.02 Å². The molecule has 0 bridgehead atoms. The van der Waals surface area contributed by atoms with E-state index in [-0.39, 0.29) is 5.75 Å². The van der Waals surface area contributed by atoms with Gasteiger partial charge in [-0.2, -0.15) is 5.10 Å². The number of rotatable bonds is 1. The monoisotopic (exact) mass is 222 g/mol. The second-order valence-electron chi connectivity index (χ2n) is 3.42. The van der Waals surface area contributed by atoms with Crippen molar-refractivity contribution in [1.29, 1.82) is 0 Å². The van der Waals surface area contributed by atoms with Crippen LogP contribution in [0.5, 0.6) is 5.75 Å². The fourth-order valence-electron chi connectivity index (χ4n) is 1.50. The van der Waals surface area contributed by atoms with Crippen molar-refractivity contribution in [2.75, 3.05) is 0 Å². The minimum atomic E-state index is 0.219. The highest BCUT2D eigenvalue weighted by Gasteiger charge is 2.10. The van der Waals surface area contributed by atoms with Gasteiger partial charge in [0, 0.05) is 6.07 Å². The van der Waals surface area contributed by atoms with E-state index in [1.807, 2.05) is 19.9 Å². The Morgan fingerprint density at radius 3 is 2.60 bits per heavy atom. The Balaban J connectivity index is 2.59. The fourth-order valence-corrected chi connectivity index (χ4v) is 1.62. The maximum absolute atomic E-state index is 9.37. The molecule has 1 N–H and O–H groups in total. The van der Waals surface area contributed by atoms with Gasteiger partial charge in [0.25, 0.3) is 0 Å². The van der Waals surface area contributed by atoms with Gasteiger partial charge in [-0.05, 0) is 26.0 Å². The van der Waals surface area contributed by atoms with Gasteiger partial charge in [-0.25, -0.2) is 4.68 Å². The highest BCUT2D eigenvalue weighted by atomic mass is 35.5. The molecule has 1 heterocycles. The second kappa shape index (κ2) is 3.59. The average Bonchev–Trinajstić information content (AvgIpc) is 2.46. The molecule has 0 saturated heterocycles. The van der Waals surface area contributed by atoms with E-state index < -0.39 is 0 Å². The SMILES string of the molecule is Cc1nn(-c2cccc(O)c2)c(C)c1Cl. The van der Waals surface area contributed by atoms with Crippen LogP contribution in [0.3, 0.4) is 0 Å². The number of hydrogen-bond donors (Lipinski definition) is 1. The van der Waals surface area contributed by atoms with Crippen molar-refractivity contribution in [3.8, 4) is 11.4 Å². The van der Waals surface area contributed by atoms with Crippen LogP contribution >= 0.6 is 11.6 Å². The lowest BCUT2D eigenvalue weighted by Crippen LogP contribution is -1.98. The Morgan fingerprint density at radius 1 is 1.33 bits per heavy atom. The molecule has 4 heteroatoms. The van der Waals surface area contributed by atoms with Crippen LogP contribution < -0.4 is 0 Å². The summed E-state index contributed by atoms with van der Waals surface area (Å²) in [5.74, 6) is 0.219. The van der Waals surface area contributed by atoms with Crippen LogP contribution in [0.4, 0.5) is 0 Å². The summed E-state index contributed by atoms with van der Waals surface area (Å²) in [7, 11) is 0. The third-order valence-corrected chi connectivity index (χ3v) is 2.82. The quantitative estimate of drug-likeness (QED) is 0.806. The van der Waals surface area contributed by atoms with Crippen LogP contribution in [-0.4, -0.2) is 14.9 Å². The van der Waals surface area contributed by atoms with Crippen molar-refractivity contribution in [2.45, 2.75) is 13.8 Å². The zero-order chi connectivity index (χ0) is 11.0. The number of phenolic OH excluding ortho intramolecular Hbond substituents is 1. The first kappa shape index (κ1) is 10.1. The molecule has 15 heavy (non-hydrogen) atoms. The summed E-state index contributed by atoms with van der Waals surface area (Å²) in [5.41, 5.74) is 2.47. The zero-order valence-electron chi connectivity index (χ0n) is 8.53. The van der Waals surface area contributed by atoms with Gasteiger partial charge >= 0.3 is 0 Å². The molecule has 0 amide bonds. The number of hydrogen-bond acceptors (Lipinski definition) is 2. The van der Waals surface area contributed by atoms with E-state index in [1.54, 1.807) is 22.9 Å². The van der Waals surface area contributed by atoms with Crippen LogP contribution in [0.25, 0.3) is 5.69 Å². The molecule has 78 valence electrons. The first-order chi connectivity index (χ1) is 7.09. The molecular formula is C11H11ClN2O. The number of nitrogens with zero attached hydrogens (tertiary/aromatic N) is 2. The van der Waals surface area contributed by atoms with Crippen molar-refractivity contribution in [3.05, 3.63) is 40.7 Å². The first-order valence-electron chi connectivity index (χ1n) is 4.60. The van der Waals surface area contributed by atoms with Crippen molar-refractivity contribution >= 4 is 11.6 Å². The van der Waals surface area contributed by atoms with E-state index in [1.165, 1.54) is 0 Å². The molecule has 3 nitrogen and oxygen atoms in total. The first-order valence-corrected chi connectivity index (χ1v) is 4.98. The van der Waals surface area contributed by atoms with E-state index in [9.17, 15) is 5.11 Å². The minimum Gasteiger partial charge on any atom is -0.508 e. The molecule has 0 fully saturated rings. The van der Waals surface area contributed by atoms with E-state index in [0.29, 0.717) is 5.02 Å². The number of aryl methyl sites for hydroxylation is 1. The molecule has 0 aliphatic carbocycles. The van der Waals surface area contributed by atoms with Crippen molar-refractivity contribution < 1.29 is 5.11 Å². The van der Waals surface area contributed by atoms with Gasteiger partial charge in [0.1, 0.15) is 5.75 Å². The van der Waals surface area contributed by atoms with Crippen LogP contribution in [-0.2, 0) is 0 Å². The number of aromatic nitrogens is 2. The topological polar surface area (TPSA) is 38.0 Å². The lowest BCUT2D eigenvalue weighted by atomic mass is 10.3. The van der Waals surface area contributed by atoms with Gasteiger partial charge < -0.3 is 5.11 Å². The lowest BCUT2D eigenvalue weighted by molar-refractivity contribution is 0.474. The normalized spacial score (nSPS) is 10.6. The molecular weight excluding hydrogens is 212 g/mol. The molecule has 0 radical (unpaired) electrons. The van der Waals surface area contributed by atoms with Gasteiger partial charge in [-0.15, -0.1) is 0 Å². The average molecular weight is 223 g/mol. The summed E-state index contributed by atoms with van der Waals surface area (Å²) in [6.45, 7) is 3.75. The van der Waals surface area contributed by atoms with E-state index in [4.69, 9.17) is 11.6 Å². The maximum Gasteiger partial charge on any atom is 0.117 e. The van der Waals surface area contributed by atoms with Crippen LogP contribution in [0.15, 0.2) is 24.3 Å². The largest absolute Gasteiger partial charge is 0.508 e. The second-order valence-corrected chi connectivity index (χ2v) is 3.79. The Kier molecular flexibility index (Phi) is 2.40. The molecule has 0 aliphatic rings. The van der Waals surface area contributed by atoms with E-state index in [0.717, 1.165) is 17.1 Å². The molecule has 0 aliphatic heterocycles. The van der Waals surface area contributed by atoms with E-state index >= 15 is 0 Å². The van der Waals surface area contributed by atoms with Crippen molar-refractivity contribution in [3.63, 3.8) is 0 Å². The summed E-state index contributed by atoms with van der Waals surface area (Å²) in [5, 5.41) is 14.3.